The second-order valence-corrected chi connectivity index (χ2v) is 2.46. The predicted molar refractivity (Wildman–Crippen MR) is 53.9 cm³/mol. The minimum Gasteiger partial charge on any atom is -0.290 e. The molecule has 0 aliphatic carbocycles. The van der Waals surface area contributed by atoms with E-state index in [-0.39, 0.29) is 0 Å². The molecule has 0 radical (unpaired) electrons. The minimum absolute atomic E-state index is 0.615. The number of nitrogens with zero attached hydrogens (tertiary/aromatic N) is 2. The molecule has 2 nitrogen and oxygen atoms in total. The maximum atomic E-state index is 8.20. The average molecular weight is 170 g/mol. The lowest BCUT2D eigenvalue weighted by Crippen LogP contribution is -2.44. The quantitative estimate of drug-likeness (QED) is 0.565. The lowest BCUT2D eigenvalue weighted by Gasteiger charge is -2.34. The van der Waals surface area contributed by atoms with Gasteiger partial charge in [-0.1, -0.05) is 34.6 Å². The first kappa shape index (κ1) is 14.0. The Morgan fingerprint density at radius 3 is 1.92 bits per heavy atom. The lowest BCUT2D eigenvalue weighted by atomic mass is 10.0. The average Bonchev–Trinajstić information content (AvgIpc) is 2.10. The first-order valence-corrected chi connectivity index (χ1v) is 4.92. The Labute approximate surface area is 77.2 Å². The highest BCUT2D eigenvalue weighted by atomic mass is 15.2. The fourth-order valence-corrected chi connectivity index (χ4v) is 1.06. The van der Waals surface area contributed by atoms with Crippen molar-refractivity contribution >= 4 is 0 Å². The summed E-state index contributed by atoms with van der Waals surface area (Å²) >= 11 is 0. The molecule has 0 aromatic carbocycles. The summed E-state index contributed by atoms with van der Waals surface area (Å²) in [5, 5.41) is 8.20. The van der Waals surface area contributed by atoms with E-state index in [1.54, 1.807) is 0 Å². The predicted octanol–water partition coefficient (Wildman–Crippen LogP) is 2.51. The Morgan fingerprint density at radius 1 is 1.25 bits per heavy atom. The first-order valence-electron chi connectivity index (χ1n) is 4.92. The van der Waals surface area contributed by atoms with Crippen molar-refractivity contribution in [2.75, 3.05) is 19.6 Å². The standard InChI is InChI=1S/C6H10N2.2C2H6/c1-6-4-8(5-6)3-2-7;2*1-2/h6H,3-5H2,1H3;2*1-2H3. The smallest absolute Gasteiger partial charge is 0.0866 e. The number of hydrogen-bond acceptors (Lipinski definition) is 2. The lowest BCUT2D eigenvalue weighted by molar-refractivity contribution is 0.131. The molecule has 0 bridgehead atoms. The Balaban J connectivity index is 0. The van der Waals surface area contributed by atoms with Gasteiger partial charge in [-0.05, 0) is 5.92 Å². The van der Waals surface area contributed by atoms with E-state index in [1.165, 1.54) is 0 Å². The second-order valence-electron chi connectivity index (χ2n) is 2.46. The summed E-state index contributed by atoms with van der Waals surface area (Å²) in [6.07, 6.45) is 0. The third-order valence-corrected chi connectivity index (χ3v) is 1.43. The molecule has 0 N–H and O–H groups in total. The molecule has 1 aliphatic rings. The van der Waals surface area contributed by atoms with Gasteiger partial charge < -0.3 is 0 Å². The Kier molecular flexibility index (Phi) is 12.2. The van der Waals surface area contributed by atoms with E-state index >= 15 is 0 Å². The molecule has 0 aromatic rings. The topological polar surface area (TPSA) is 27.0 Å². The van der Waals surface area contributed by atoms with Crippen molar-refractivity contribution in [1.82, 2.24) is 4.90 Å². The van der Waals surface area contributed by atoms with Crippen molar-refractivity contribution in [3.05, 3.63) is 0 Å². The SMILES string of the molecule is CC.CC.CC1CN(CC#N)C1. The van der Waals surface area contributed by atoms with Crippen LogP contribution >= 0.6 is 0 Å². The van der Waals surface area contributed by atoms with Crippen LogP contribution in [-0.2, 0) is 0 Å². The molecular formula is C10H22N2. The van der Waals surface area contributed by atoms with Crippen LogP contribution in [0, 0.1) is 17.2 Å². The molecule has 0 spiro atoms. The van der Waals surface area contributed by atoms with Crippen molar-refractivity contribution in [1.29, 1.82) is 5.26 Å². The van der Waals surface area contributed by atoms with Gasteiger partial charge in [-0.25, -0.2) is 0 Å². The number of nitriles is 1. The largest absolute Gasteiger partial charge is 0.290 e. The summed E-state index contributed by atoms with van der Waals surface area (Å²) in [7, 11) is 0. The third kappa shape index (κ3) is 6.18. The molecule has 72 valence electrons. The molecule has 1 fully saturated rings. The summed E-state index contributed by atoms with van der Waals surface area (Å²) in [5.74, 6) is 0.823. The van der Waals surface area contributed by atoms with Gasteiger partial charge >= 0.3 is 0 Å². The summed E-state index contributed by atoms with van der Waals surface area (Å²) < 4.78 is 0. The van der Waals surface area contributed by atoms with Crippen LogP contribution in [0.3, 0.4) is 0 Å². The summed E-state index contributed by atoms with van der Waals surface area (Å²) in [4.78, 5) is 2.14. The maximum Gasteiger partial charge on any atom is 0.0866 e. The van der Waals surface area contributed by atoms with Gasteiger partial charge in [0.2, 0.25) is 0 Å². The van der Waals surface area contributed by atoms with Gasteiger partial charge in [-0.15, -0.1) is 0 Å². The molecular weight excluding hydrogens is 148 g/mol. The molecule has 12 heavy (non-hydrogen) atoms. The van der Waals surface area contributed by atoms with Crippen LogP contribution in [0.1, 0.15) is 34.6 Å². The van der Waals surface area contributed by atoms with E-state index in [9.17, 15) is 0 Å². The van der Waals surface area contributed by atoms with E-state index in [0.29, 0.717) is 6.54 Å². The van der Waals surface area contributed by atoms with E-state index in [1.807, 2.05) is 27.7 Å². The van der Waals surface area contributed by atoms with Crippen molar-refractivity contribution in [3.8, 4) is 6.07 Å². The fourth-order valence-electron chi connectivity index (χ4n) is 1.06. The highest BCUT2D eigenvalue weighted by Gasteiger charge is 2.20. The molecule has 0 aromatic heterocycles. The van der Waals surface area contributed by atoms with Gasteiger partial charge in [0.1, 0.15) is 0 Å². The second kappa shape index (κ2) is 10.4. The molecule has 0 atom stereocenters. The number of likely N-dealkylation sites (tertiary alicyclic amines) is 1. The van der Waals surface area contributed by atoms with Crippen molar-refractivity contribution in [2.45, 2.75) is 34.6 Å². The molecule has 0 amide bonds. The zero-order chi connectivity index (χ0) is 9.98. The zero-order valence-corrected chi connectivity index (χ0v) is 9.09. The Bertz CT molecular complexity index is 109. The van der Waals surface area contributed by atoms with Crippen molar-refractivity contribution in [2.24, 2.45) is 5.92 Å². The summed E-state index contributed by atoms with van der Waals surface area (Å²) in [6.45, 7) is 13.1. The molecule has 1 heterocycles. The van der Waals surface area contributed by atoms with Gasteiger partial charge in [0.25, 0.3) is 0 Å². The van der Waals surface area contributed by atoms with Crippen LogP contribution in [0.2, 0.25) is 0 Å². The van der Waals surface area contributed by atoms with Gasteiger partial charge in [0, 0.05) is 13.1 Å². The van der Waals surface area contributed by atoms with Gasteiger partial charge in [0.15, 0.2) is 0 Å². The number of rotatable bonds is 1. The molecule has 0 saturated carbocycles. The monoisotopic (exact) mass is 170 g/mol. The molecule has 1 saturated heterocycles. The molecule has 1 aliphatic heterocycles. The molecule has 2 heteroatoms. The van der Waals surface area contributed by atoms with Crippen LogP contribution in [0.5, 0.6) is 0 Å². The maximum absolute atomic E-state index is 8.20. The highest BCUT2D eigenvalue weighted by Crippen LogP contribution is 2.11. The van der Waals surface area contributed by atoms with E-state index < -0.39 is 0 Å². The third-order valence-electron chi connectivity index (χ3n) is 1.43. The number of hydrogen-bond donors (Lipinski definition) is 0. The Hall–Kier alpha value is -0.550. The van der Waals surface area contributed by atoms with Gasteiger partial charge in [-0.2, -0.15) is 5.26 Å². The van der Waals surface area contributed by atoms with Crippen LogP contribution < -0.4 is 0 Å². The zero-order valence-electron chi connectivity index (χ0n) is 9.09. The highest BCUT2D eigenvalue weighted by molar-refractivity contribution is 4.84. The van der Waals surface area contributed by atoms with E-state index in [4.69, 9.17) is 5.26 Å². The van der Waals surface area contributed by atoms with Crippen molar-refractivity contribution in [3.63, 3.8) is 0 Å². The van der Waals surface area contributed by atoms with Gasteiger partial charge in [0.05, 0.1) is 12.6 Å². The van der Waals surface area contributed by atoms with Crippen LogP contribution in [-0.4, -0.2) is 24.5 Å². The van der Waals surface area contributed by atoms with Gasteiger partial charge in [-0.3, -0.25) is 4.90 Å². The van der Waals surface area contributed by atoms with Crippen LogP contribution in [0.25, 0.3) is 0 Å². The minimum atomic E-state index is 0.615. The normalized spacial score (nSPS) is 15.7. The van der Waals surface area contributed by atoms with E-state index in [2.05, 4.69) is 17.9 Å². The summed E-state index contributed by atoms with van der Waals surface area (Å²) in [5.41, 5.74) is 0. The van der Waals surface area contributed by atoms with Crippen molar-refractivity contribution < 1.29 is 0 Å². The summed E-state index contributed by atoms with van der Waals surface area (Å²) in [6, 6.07) is 2.12. The van der Waals surface area contributed by atoms with Crippen LogP contribution in [0.15, 0.2) is 0 Å². The fraction of sp³-hybridized carbons (Fsp3) is 0.900. The van der Waals surface area contributed by atoms with Crippen LogP contribution in [0.4, 0.5) is 0 Å². The molecule has 1 rings (SSSR count). The molecule has 0 unspecified atom stereocenters. The first-order chi connectivity index (χ1) is 5.83. The van der Waals surface area contributed by atoms with E-state index in [0.717, 1.165) is 19.0 Å². The Morgan fingerprint density at radius 2 is 1.67 bits per heavy atom.